The number of para-hydroxylation sites is 1. The molecule has 2 rings (SSSR count). The van der Waals surface area contributed by atoms with E-state index in [0.717, 1.165) is 16.5 Å². The van der Waals surface area contributed by atoms with E-state index >= 15 is 0 Å². The van der Waals surface area contributed by atoms with Crippen LogP contribution in [0.1, 0.15) is 45.6 Å². The first kappa shape index (κ1) is 28.2. The van der Waals surface area contributed by atoms with Crippen LogP contribution in [0, 0.1) is 5.41 Å². The van der Waals surface area contributed by atoms with Gasteiger partial charge in [0.05, 0.1) is 12.8 Å². The molecule has 194 valence electrons. The maximum Gasteiger partial charge on any atom is 0.328 e. The Morgan fingerprint density at radius 2 is 1.67 bits per heavy atom. The summed E-state index contributed by atoms with van der Waals surface area (Å²) in [5.41, 5.74) is 1.68. The Labute approximate surface area is 209 Å². The van der Waals surface area contributed by atoms with E-state index in [1.807, 2.05) is 24.3 Å². The average Bonchev–Trinajstić information content (AvgIpc) is 3.26. The van der Waals surface area contributed by atoms with Crippen molar-refractivity contribution in [3.63, 3.8) is 0 Å². The van der Waals surface area contributed by atoms with Gasteiger partial charge in [0.1, 0.15) is 18.1 Å². The predicted molar refractivity (Wildman–Crippen MR) is 133 cm³/mol. The summed E-state index contributed by atoms with van der Waals surface area (Å²) in [6.07, 6.45) is 2.56. The zero-order chi connectivity index (χ0) is 26.7. The third-order valence-corrected chi connectivity index (χ3v) is 5.56. The van der Waals surface area contributed by atoms with Crippen LogP contribution in [0.25, 0.3) is 10.9 Å². The number of nitrogens with one attached hydrogen (secondary N) is 5. The van der Waals surface area contributed by atoms with Crippen LogP contribution < -0.4 is 16.0 Å². The lowest BCUT2D eigenvalue weighted by molar-refractivity contribution is -0.147. The molecule has 0 saturated heterocycles. The number of aromatic nitrogens is 1. The number of carbonyl (C=O) groups is 5. The highest BCUT2D eigenvalue weighted by Crippen LogP contribution is 2.19. The molecule has 2 aromatic rings. The van der Waals surface area contributed by atoms with Gasteiger partial charge >= 0.3 is 5.97 Å². The third-order valence-electron chi connectivity index (χ3n) is 5.56. The number of fused-ring (bicyclic) bond motifs is 1. The highest BCUT2D eigenvalue weighted by molar-refractivity contribution is 6.26. The largest absolute Gasteiger partial charge is 0.464 e. The van der Waals surface area contributed by atoms with Crippen molar-refractivity contribution in [2.45, 2.75) is 64.6 Å². The highest BCUT2D eigenvalue weighted by Gasteiger charge is 2.30. The van der Waals surface area contributed by atoms with Crippen molar-refractivity contribution in [2.75, 3.05) is 6.61 Å². The van der Waals surface area contributed by atoms with Crippen molar-refractivity contribution in [3.05, 3.63) is 36.0 Å². The van der Waals surface area contributed by atoms with Crippen molar-refractivity contribution in [2.24, 2.45) is 0 Å². The number of ether oxygens (including phenoxy) is 1. The Morgan fingerprint density at radius 3 is 2.31 bits per heavy atom. The zero-order valence-electron chi connectivity index (χ0n) is 20.7. The van der Waals surface area contributed by atoms with Gasteiger partial charge in [0.2, 0.25) is 17.7 Å². The van der Waals surface area contributed by atoms with Crippen molar-refractivity contribution >= 4 is 46.6 Å². The van der Waals surface area contributed by atoms with Crippen LogP contribution in [-0.4, -0.2) is 65.4 Å². The van der Waals surface area contributed by atoms with Gasteiger partial charge in [0, 0.05) is 36.9 Å². The number of H-pyrrole nitrogens is 1. The molecule has 1 heterocycles. The predicted octanol–water partition coefficient (Wildman–Crippen LogP) is 1.16. The smallest absolute Gasteiger partial charge is 0.328 e. The molecule has 0 fully saturated rings. The molecule has 5 N–H and O–H groups in total. The number of hydrogen-bond acceptors (Lipinski definition) is 7. The number of aromatic amines is 1. The zero-order valence-corrected chi connectivity index (χ0v) is 20.7. The fraction of sp³-hybridized carbons (Fsp3) is 0.440. The fourth-order valence-electron chi connectivity index (χ4n) is 3.72. The minimum absolute atomic E-state index is 0.0923. The molecule has 0 aliphatic heterocycles. The molecule has 0 aliphatic carbocycles. The monoisotopic (exact) mass is 499 g/mol. The summed E-state index contributed by atoms with van der Waals surface area (Å²) in [5.74, 6) is -2.85. The van der Waals surface area contributed by atoms with Crippen LogP contribution in [0.4, 0.5) is 0 Å². The summed E-state index contributed by atoms with van der Waals surface area (Å²) in [4.78, 5) is 65.0. The Kier molecular flexibility index (Phi) is 10.8. The lowest BCUT2D eigenvalue weighted by Gasteiger charge is -2.24. The van der Waals surface area contributed by atoms with E-state index in [9.17, 15) is 24.0 Å². The number of benzene rings is 1. The number of Topliss-reactive ketones (excluding diaryl/α,β-unsaturated/α-hetero) is 1. The van der Waals surface area contributed by atoms with Crippen molar-refractivity contribution in [3.8, 4) is 0 Å². The number of esters is 1. The molecule has 11 nitrogen and oxygen atoms in total. The topological polar surface area (TPSA) is 170 Å². The van der Waals surface area contributed by atoms with Crippen molar-refractivity contribution in [1.82, 2.24) is 20.9 Å². The quantitative estimate of drug-likeness (QED) is 0.193. The Balaban J connectivity index is 2.23. The highest BCUT2D eigenvalue weighted by atomic mass is 16.5. The second kappa shape index (κ2) is 13.8. The Bertz CT molecular complexity index is 1110. The molecule has 1 aromatic carbocycles. The molecule has 1 unspecified atom stereocenters. The van der Waals surface area contributed by atoms with Crippen molar-refractivity contribution < 1.29 is 28.7 Å². The Morgan fingerprint density at radius 1 is 1.00 bits per heavy atom. The van der Waals surface area contributed by atoms with Gasteiger partial charge < -0.3 is 31.1 Å². The van der Waals surface area contributed by atoms with E-state index < -0.39 is 47.6 Å². The summed E-state index contributed by atoms with van der Waals surface area (Å²) < 4.78 is 4.97. The lowest BCUT2D eigenvalue weighted by atomic mass is 10.0. The molecule has 0 spiro atoms. The number of carbonyl (C=O) groups excluding carboxylic acids is 5. The van der Waals surface area contributed by atoms with E-state index in [1.54, 1.807) is 20.0 Å². The average molecular weight is 500 g/mol. The maximum atomic E-state index is 13.2. The second-order valence-electron chi connectivity index (χ2n) is 8.25. The molecule has 0 saturated carbocycles. The SMILES string of the molecule is CCOC(=O)C(CC)NC(=O)[C@H](CCC(=O)C=N)NC(=O)[C@H](Cc1c[nH]c2ccccc12)NC(C)=O. The Hall–Kier alpha value is -4.02. The van der Waals surface area contributed by atoms with Crippen LogP contribution in [0.15, 0.2) is 30.5 Å². The van der Waals surface area contributed by atoms with Gasteiger partial charge in [-0.15, -0.1) is 0 Å². The summed E-state index contributed by atoms with van der Waals surface area (Å²) in [5, 5.41) is 15.8. The lowest BCUT2D eigenvalue weighted by Crippen LogP contribution is -2.56. The first-order valence-electron chi connectivity index (χ1n) is 11.8. The summed E-state index contributed by atoms with van der Waals surface area (Å²) in [7, 11) is 0. The molecule has 3 atom stereocenters. The summed E-state index contributed by atoms with van der Waals surface area (Å²) >= 11 is 0. The minimum atomic E-state index is -1.18. The van der Waals surface area contributed by atoms with Crippen LogP contribution in [-0.2, 0) is 35.1 Å². The first-order valence-corrected chi connectivity index (χ1v) is 11.8. The molecule has 3 amide bonds. The van der Waals surface area contributed by atoms with E-state index in [0.29, 0.717) is 6.21 Å². The van der Waals surface area contributed by atoms with Gasteiger partial charge in [-0.1, -0.05) is 25.1 Å². The van der Waals surface area contributed by atoms with Gasteiger partial charge in [-0.25, -0.2) is 4.79 Å². The van der Waals surface area contributed by atoms with Crippen LogP contribution >= 0.6 is 0 Å². The molecule has 0 aliphatic rings. The van der Waals surface area contributed by atoms with Gasteiger partial charge in [-0.3, -0.25) is 19.2 Å². The number of hydrogen-bond donors (Lipinski definition) is 5. The molecule has 0 radical (unpaired) electrons. The summed E-state index contributed by atoms with van der Waals surface area (Å²) in [6, 6.07) is 4.42. The second-order valence-corrected chi connectivity index (χ2v) is 8.25. The number of ketones is 1. The van der Waals surface area contributed by atoms with Crippen LogP contribution in [0.5, 0.6) is 0 Å². The maximum absolute atomic E-state index is 13.2. The van der Waals surface area contributed by atoms with Gasteiger partial charge in [0.25, 0.3) is 0 Å². The normalized spacial score (nSPS) is 13.2. The molecule has 36 heavy (non-hydrogen) atoms. The van der Waals surface area contributed by atoms with Gasteiger partial charge in [-0.05, 0) is 31.4 Å². The van der Waals surface area contributed by atoms with E-state index in [-0.39, 0.29) is 32.3 Å². The minimum Gasteiger partial charge on any atom is -0.464 e. The molecule has 0 bridgehead atoms. The number of rotatable bonds is 14. The molecule has 11 heteroatoms. The van der Waals surface area contributed by atoms with E-state index in [4.69, 9.17) is 10.1 Å². The van der Waals surface area contributed by atoms with E-state index in [1.165, 1.54) is 6.92 Å². The van der Waals surface area contributed by atoms with Crippen LogP contribution in [0.3, 0.4) is 0 Å². The third kappa shape index (κ3) is 8.03. The standard InChI is InChI=1S/C25H33N5O6/c1-4-19(25(35)36-5-2)29-23(33)21(11-10-17(32)13-26)30-24(34)22(28-15(3)31)12-16-14-27-20-9-7-6-8-18(16)20/h6-9,13-14,19,21-22,26-27H,4-5,10-12H2,1-3H3,(H,28,31)(H,29,33)(H,30,34)/t19?,21-,22-/m0/s1. The van der Waals surface area contributed by atoms with Gasteiger partial charge in [0.15, 0.2) is 5.78 Å². The molecular weight excluding hydrogens is 466 g/mol. The summed E-state index contributed by atoms with van der Waals surface area (Å²) in [6.45, 7) is 4.77. The first-order chi connectivity index (χ1) is 17.2. The van der Waals surface area contributed by atoms with Crippen molar-refractivity contribution in [1.29, 1.82) is 5.41 Å². The number of amides is 3. The van der Waals surface area contributed by atoms with E-state index in [2.05, 4.69) is 20.9 Å². The molecule has 1 aromatic heterocycles. The molecular formula is C25H33N5O6. The fourth-order valence-corrected chi connectivity index (χ4v) is 3.72. The van der Waals surface area contributed by atoms with Crippen LogP contribution in [0.2, 0.25) is 0 Å². The van der Waals surface area contributed by atoms with Gasteiger partial charge in [-0.2, -0.15) is 0 Å².